The van der Waals surface area contributed by atoms with Gasteiger partial charge in [-0.25, -0.2) is 19.6 Å². The molecule has 1 saturated heterocycles. The van der Waals surface area contributed by atoms with Gasteiger partial charge in [0.15, 0.2) is 0 Å². The number of hydrogen-bond acceptors (Lipinski definition) is 4. The molecule has 2 amide bonds. The Hall–Kier alpha value is -1.46. The highest BCUT2D eigenvalue weighted by Crippen LogP contribution is 2.23. The van der Waals surface area contributed by atoms with Gasteiger partial charge in [-0.15, -0.1) is 0 Å². The molecule has 0 aromatic carbocycles. The summed E-state index contributed by atoms with van der Waals surface area (Å²) in [6.45, 7) is 9.10. The first-order valence-electron chi connectivity index (χ1n) is 6.39. The number of rotatable bonds is 2. The molecule has 104 valence electrons. The quantitative estimate of drug-likeness (QED) is 0.761. The summed E-state index contributed by atoms with van der Waals surface area (Å²) < 4.78 is 9.92. The maximum atomic E-state index is 11.8. The second-order valence-corrected chi connectivity index (χ2v) is 4.52. The van der Waals surface area contributed by atoms with Crippen molar-refractivity contribution >= 4 is 12.2 Å². The second-order valence-electron chi connectivity index (χ2n) is 4.52. The summed E-state index contributed by atoms with van der Waals surface area (Å²) in [5, 5.41) is 2.68. The molecule has 6 heteroatoms. The fourth-order valence-corrected chi connectivity index (χ4v) is 1.84. The molecule has 6 nitrogen and oxygen atoms in total. The van der Waals surface area contributed by atoms with Gasteiger partial charge in [0.1, 0.15) is 0 Å². The molecule has 1 rings (SSSR count). The zero-order valence-electron chi connectivity index (χ0n) is 11.5. The van der Waals surface area contributed by atoms with Crippen molar-refractivity contribution in [3.8, 4) is 0 Å². The Morgan fingerprint density at radius 3 is 1.56 bits per heavy atom. The molecule has 1 heterocycles. The number of amides is 2. The van der Waals surface area contributed by atoms with Crippen LogP contribution < -0.4 is 0 Å². The smallest absolute Gasteiger partial charge is 0.428 e. The fraction of sp³-hybridized carbons (Fsp3) is 0.833. The molecule has 18 heavy (non-hydrogen) atoms. The minimum atomic E-state index is -0.496. The van der Waals surface area contributed by atoms with E-state index in [0.29, 0.717) is 24.9 Å². The van der Waals surface area contributed by atoms with Gasteiger partial charge in [-0.2, -0.15) is 0 Å². The van der Waals surface area contributed by atoms with E-state index in [1.54, 1.807) is 13.8 Å². The Kier molecular flexibility index (Phi) is 5.25. The molecule has 0 spiro atoms. The molecule has 2 atom stereocenters. The molecule has 0 aromatic heterocycles. The van der Waals surface area contributed by atoms with Crippen molar-refractivity contribution in [2.24, 2.45) is 11.8 Å². The van der Waals surface area contributed by atoms with E-state index >= 15 is 0 Å². The maximum absolute atomic E-state index is 11.8. The summed E-state index contributed by atoms with van der Waals surface area (Å²) in [7, 11) is 0. The number of carbonyl (C=O) groups is 2. The van der Waals surface area contributed by atoms with Crippen LogP contribution in [0.15, 0.2) is 0 Å². The normalized spacial score (nSPS) is 23.8. The number of carbonyl (C=O) groups excluding carboxylic acids is 2. The van der Waals surface area contributed by atoms with Gasteiger partial charge < -0.3 is 9.47 Å². The number of nitrogens with zero attached hydrogens (tertiary/aromatic N) is 2. The summed E-state index contributed by atoms with van der Waals surface area (Å²) in [4.78, 5) is 23.6. The average Bonchev–Trinajstić information content (AvgIpc) is 2.32. The largest absolute Gasteiger partial charge is 0.448 e. The van der Waals surface area contributed by atoms with Gasteiger partial charge in [0, 0.05) is 13.1 Å². The predicted molar refractivity (Wildman–Crippen MR) is 65.8 cm³/mol. The molecular formula is C12H22N2O4. The van der Waals surface area contributed by atoms with Gasteiger partial charge in [0.25, 0.3) is 0 Å². The minimum absolute atomic E-state index is 0.288. The third kappa shape index (κ3) is 3.27. The van der Waals surface area contributed by atoms with E-state index in [4.69, 9.17) is 9.47 Å². The standard InChI is InChI=1S/C12H22N2O4/c1-5-17-11(15)13-7-9(3)10(4)8-14(13)12(16)18-6-2/h9-10H,5-8H2,1-4H3/t9-,10-/m0/s1. The van der Waals surface area contributed by atoms with Gasteiger partial charge in [-0.05, 0) is 25.7 Å². The van der Waals surface area contributed by atoms with E-state index in [-0.39, 0.29) is 13.2 Å². The van der Waals surface area contributed by atoms with Gasteiger partial charge in [-0.1, -0.05) is 13.8 Å². The van der Waals surface area contributed by atoms with Crippen molar-refractivity contribution in [2.45, 2.75) is 27.7 Å². The molecule has 1 aliphatic rings. The topological polar surface area (TPSA) is 59.1 Å². The van der Waals surface area contributed by atoms with Crippen LogP contribution in [0.5, 0.6) is 0 Å². The molecule has 1 fully saturated rings. The summed E-state index contributed by atoms with van der Waals surface area (Å²) in [5.41, 5.74) is 0. The third-order valence-electron chi connectivity index (χ3n) is 3.14. The zero-order chi connectivity index (χ0) is 13.7. The van der Waals surface area contributed by atoms with E-state index in [2.05, 4.69) is 13.8 Å². The lowest BCUT2D eigenvalue weighted by Gasteiger charge is -2.42. The Morgan fingerprint density at radius 1 is 0.944 bits per heavy atom. The second kappa shape index (κ2) is 6.47. The van der Waals surface area contributed by atoms with Crippen LogP contribution >= 0.6 is 0 Å². The van der Waals surface area contributed by atoms with Crippen LogP contribution in [0.3, 0.4) is 0 Å². The number of ether oxygens (including phenoxy) is 2. The molecule has 0 radical (unpaired) electrons. The van der Waals surface area contributed by atoms with E-state index in [1.807, 2.05) is 0 Å². The summed E-state index contributed by atoms with van der Waals surface area (Å²) in [6.07, 6.45) is -0.992. The highest BCUT2D eigenvalue weighted by Gasteiger charge is 2.36. The van der Waals surface area contributed by atoms with Crippen LogP contribution in [0.1, 0.15) is 27.7 Å². The van der Waals surface area contributed by atoms with Gasteiger partial charge >= 0.3 is 12.2 Å². The van der Waals surface area contributed by atoms with Crippen molar-refractivity contribution in [3.05, 3.63) is 0 Å². The lowest BCUT2D eigenvalue weighted by molar-refractivity contribution is -0.0640. The van der Waals surface area contributed by atoms with E-state index in [0.717, 1.165) is 0 Å². The van der Waals surface area contributed by atoms with E-state index < -0.39 is 12.2 Å². The minimum Gasteiger partial charge on any atom is -0.448 e. The zero-order valence-corrected chi connectivity index (χ0v) is 11.5. The van der Waals surface area contributed by atoms with Crippen molar-refractivity contribution < 1.29 is 19.1 Å². The summed E-state index contributed by atoms with van der Waals surface area (Å²) in [6, 6.07) is 0. The highest BCUT2D eigenvalue weighted by molar-refractivity contribution is 5.74. The number of hydrazine groups is 1. The molecule has 0 saturated carbocycles. The van der Waals surface area contributed by atoms with Crippen LogP contribution in [0.4, 0.5) is 9.59 Å². The first-order valence-corrected chi connectivity index (χ1v) is 6.39. The molecule has 1 aliphatic heterocycles. The van der Waals surface area contributed by atoms with Gasteiger partial charge in [0.2, 0.25) is 0 Å². The fourth-order valence-electron chi connectivity index (χ4n) is 1.84. The predicted octanol–water partition coefficient (Wildman–Crippen LogP) is 2.10. The summed E-state index contributed by atoms with van der Waals surface area (Å²) >= 11 is 0. The average molecular weight is 258 g/mol. The maximum Gasteiger partial charge on any atom is 0.428 e. The molecular weight excluding hydrogens is 236 g/mol. The molecule has 0 bridgehead atoms. The van der Waals surface area contributed by atoms with Crippen molar-refractivity contribution in [1.29, 1.82) is 0 Å². The first kappa shape index (κ1) is 14.6. The van der Waals surface area contributed by atoms with Crippen LogP contribution in [0.2, 0.25) is 0 Å². The van der Waals surface area contributed by atoms with Gasteiger partial charge in [0.05, 0.1) is 13.2 Å². The van der Waals surface area contributed by atoms with Crippen molar-refractivity contribution in [2.75, 3.05) is 26.3 Å². The van der Waals surface area contributed by atoms with E-state index in [9.17, 15) is 9.59 Å². The van der Waals surface area contributed by atoms with Crippen LogP contribution in [-0.2, 0) is 9.47 Å². The molecule has 0 N–H and O–H groups in total. The van der Waals surface area contributed by atoms with Crippen molar-refractivity contribution in [3.63, 3.8) is 0 Å². The lowest BCUT2D eigenvalue weighted by atomic mass is 9.94. The molecule has 0 aromatic rings. The Bertz CT molecular complexity index is 278. The highest BCUT2D eigenvalue weighted by atomic mass is 16.6. The Balaban J connectivity index is 2.80. The van der Waals surface area contributed by atoms with Crippen LogP contribution in [0.25, 0.3) is 0 Å². The van der Waals surface area contributed by atoms with Gasteiger partial charge in [-0.3, -0.25) is 0 Å². The monoisotopic (exact) mass is 258 g/mol. The first-order chi connectivity index (χ1) is 8.51. The van der Waals surface area contributed by atoms with E-state index in [1.165, 1.54) is 10.0 Å². The van der Waals surface area contributed by atoms with Crippen molar-refractivity contribution in [1.82, 2.24) is 10.0 Å². The van der Waals surface area contributed by atoms with Crippen LogP contribution in [0, 0.1) is 11.8 Å². The Labute approximate surface area is 108 Å². The SMILES string of the molecule is CCOC(=O)N1C[C@H](C)[C@@H](C)CN1C(=O)OCC. The third-order valence-corrected chi connectivity index (χ3v) is 3.14. The Morgan fingerprint density at radius 2 is 1.28 bits per heavy atom. The summed E-state index contributed by atoms with van der Waals surface area (Å²) in [5.74, 6) is 0.639. The molecule has 0 aliphatic carbocycles. The van der Waals surface area contributed by atoms with Crippen LogP contribution in [-0.4, -0.2) is 48.5 Å². The lowest BCUT2D eigenvalue weighted by Crippen LogP contribution is -2.58. The number of hydrogen-bond donors (Lipinski definition) is 0. The molecule has 0 unspecified atom stereocenters.